The molecule has 5 aliphatic carbocycles. The summed E-state index contributed by atoms with van der Waals surface area (Å²) in [5.41, 5.74) is 0. The summed E-state index contributed by atoms with van der Waals surface area (Å²) in [6.07, 6.45) is 26.9. The molecule has 0 aromatic rings. The van der Waals surface area contributed by atoms with Gasteiger partial charge in [0, 0.05) is 52.2 Å². The summed E-state index contributed by atoms with van der Waals surface area (Å²) in [6.45, 7) is 32.1. The highest BCUT2D eigenvalue weighted by Gasteiger charge is 2.56. The highest BCUT2D eigenvalue weighted by atomic mass is 16.6. The van der Waals surface area contributed by atoms with Crippen LogP contribution in [-0.2, 0) is 33.2 Å². The van der Waals surface area contributed by atoms with E-state index in [1.807, 2.05) is 83.1 Å². The van der Waals surface area contributed by atoms with E-state index >= 15 is 0 Å². The van der Waals surface area contributed by atoms with Crippen molar-refractivity contribution < 1.29 is 33.2 Å². The first-order valence-electron chi connectivity index (χ1n) is 25.4. The molecule has 11 aliphatic rings. The van der Waals surface area contributed by atoms with Crippen LogP contribution >= 0.6 is 0 Å². The molecule has 11 rings (SSSR count). The maximum Gasteiger partial charge on any atom is 0.309 e. The highest BCUT2D eigenvalue weighted by molar-refractivity contribution is 5.76. The third kappa shape index (κ3) is 21.6. The fourth-order valence-electron chi connectivity index (χ4n) is 9.87. The molecule has 7 nitrogen and oxygen atoms in total. The Balaban J connectivity index is 0.000000633. The zero-order chi connectivity index (χ0) is 42.7. The lowest BCUT2D eigenvalue weighted by atomic mass is 9.90. The Morgan fingerprint density at radius 2 is 0.877 bits per heavy atom. The van der Waals surface area contributed by atoms with Gasteiger partial charge in [0.05, 0.1) is 24.7 Å². The largest absolute Gasteiger partial charge is 0.462 e. The molecule has 0 spiro atoms. The van der Waals surface area contributed by atoms with Crippen LogP contribution in [0.4, 0.5) is 0 Å². The molecule has 0 aromatic carbocycles. The van der Waals surface area contributed by atoms with Gasteiger partial charge in [-0.25, -0.2) is 0 Å². The molecule has 10 atom stereocenters. The molecule has 0 radical (unpaired) electrons. The Labute approximate surface area is 355 Å². The van der Waals surface area contributed by atoms with Gasteiger partial charge in [0.25, 0.3) is 0 Å². The molecule has 6 bridgehead atoms. The highest BCUT2D eigenvalue weighted by Crippen LogP contribution is 2.54. The number of carbonyl (C=O) groups excluding carboxylic acids is 1. The Morgan fingerprint density at radius 1 is 0.404 bits per heavy atom. The van der Waals surface area contributed by atoms with Crippen LogP contribution in [0.2, 0.25) is 0 Å². The first-order chi connectivity index (χ1) is 28.2. The summed E-state index contributed by atoms with van der Waals surface area (Å²) in [5, 5.41) is 0. The summed E-state index contributed by atoms with van der Waals surface area (Å²) in [4.78, 5) is 11.1. The zero-order valence-electron chi connectivity index (χ0n) is 40.2. The van der Waals surface area contributed by atoms with Crippen LogP contribution in [0.25, 0.3) is 0 Å². The van der Waals surface area contributed by atoms with E-state index in [9.17, 15) is 4.79 Å². The minimum absolute atomic E-state index is 0.0926. The molecule has 0 N–H and O–H groups in total. The Kier molecular flexibility index (Phi) is 37.7. The van der Waals surface area contributed by atoms with Crippen LogP contribution in [-0.4, -0.2) is 77.1 Å². The second-order valence-corrected chi connectivity index (χ2v) is 15.7. The van der Waals surface area contributed by atoms with E-state index in [1.165, 1.54) is 109 Å². The van der Waals surface area contributed by atoms with Crippen molar-refractivity contribution in [2.24, 2.45) is 41.4 Å². The van der Waals surface area contributed by atoms with E-state index in [0.29, 0.717) is 30.1 Å². The first-order valence-corrected chi connectivity index (χ1v) is 25.4. The number of hydrogen-bond acceptors (Lipinski definition) is 7. The van der Waals surface area contributed by atoms with E-state index in [0.717, 1.165) is 95.3 Å². The number of fused-ring (bicyclic) bond motifs is 4. The minimum Gasteiger partial charge on any atom is -0.462 e. The average Bonchev–Trinajstić information content (AvgIpc) is 4.20. The predicted octanol–water partition coefficient (Wildman–Crippen LogP) is 13.7. The monoisotopic (exact) mass is 813 g/mol. The number of rotatable bonds is 0. The smallest absolute Gasteiger partial charge is 0.309 e. The second kappa shape index (κ2) is 38.2. The van der Waals surface area contributed by atoms with Crippen LogP contribution < -0.4 is 0 Å². The Hall–Kier alpha value is -0.730. The molecule has 342 valence electrons. The maximum atomic E-state index is 11.1. The molecule has 10 unspecified atom stereocenters. The van der Waals surface area contributed by atoms with Crippen molar-refractivity contribution in [3.05, 3.63) is 0 Å². The lowest BCUT2D eigenvalue weighted by molar-refractivity contribution is -0.143. The fourth-order valence-corrected chi connectivity index (χ4v) is 9.87. The summed E-state index contributed by atoms with van der Waals surface area (Å²) < 4.78 is 31.5. The van der Waals surface area contributed by atoms with Crippen LogP contribution in [0.1, 0.15) is 205 Å². The number of hydrogen-bond donors (Lipinski definition) is 0. The number of carbonyl (C=O) groups is 1. The third-order valence-corrected chi connectivity index (χ3v) is 12.3. The van der Waals surface area contributed by atoms with Gasteiger partial charge in [0.1, 0.15) is 6.10 Å². The summed E-state index contributed by atoms with van der Waals surface area (Å²) >= 11 is 0. The molecule has 5 saturated carbocycles. The van der Waals surface area contributed by atoms with E-state index in [1.54, 1.807) is 0 Å². The zero-order valence-corrected chi connectivity index (χ0v) is 40.2. The van der Waals surface area contributed by atoms with Gasteiger partial charge in [-0.15, -0.1) is 0 Å². The topological polar surface area (TPSA) is 72.5 Å². The molecule has 6 heterocycles. The fraction of sp³-hybridized carbons (Fsp3) is 0.980. The van der Waals surface area contributed by atoms with Crippen molar-refractivity contribution in [2.45, 2.75) is 223 Å². The summed E-state index contributed by atoms with van der Waals surface area (Å²) in [6, 6.07) is 0. The van der Waals surface area contributed by atoms with Gasteiger partial charge in [-0.1, -0.05) is 102 Å². The van der Waals surface area contributed by atoms with E-state index in [4.69, 9.17) is 28.4 Å². The summed E-state index contributed by atoms with van der Waals surface area (Å²) in [5.74, 6) is 5.83. The molecule has 57 heavy (non-hydrogen) atoms. The lowest BCUT2D eigenvalue weighted by Crippen LogP contribution is -2.15. The van der Waals surface area contributed by atoms with Gasteiger partial charge >= 0.3 is 5.97 Å². The number of esters is 1. The van der Waals surface area contributed by atoms with Gasteiger partial charge in [-0.3, -0.25) is 4.79 Å². The average molecular weight is 813 g/mol. The standard InChI is InChI=1S/C8H10O2.C8H12O.C7H12O.C6H12O.C5H10O.C4H8O.6C2H6/c9-8-6-2-4-1-5(6)7(3-4)10-8;1-5-2-7-6(1)4-9-8(7)3-5;1-2-6-4-7(3-1)8-5-6;1-2-4-6-7-5-3-1;1-2-4-6-5-3-1;1-2-4-5-3-1;6*1-2/h4-7H,1-3H2;5-8H,1-4H2;6-7H,1-5H2;1-6H2;1-5H2;1-4H2;6*1-2H3. The van der Waals surface area contributed by atoms with Gasteiger partial charge in [0.2, 0.25) is 0 Å². The lowest BCUT2D eigenvalue weighted by Gasteiger charge is -2.14. The van der Waals surface area contributed by atoms with Crippen LogP contribution in [0.5, 0.6) is 0 Å². The van der Waals surface area contributed by atoms with Gasteiger partial charge in [-0.05, 0) is 132 Å². The van der Waals surface area contributed by atoms with Crippen LogP contribution in [0.3, 0.4) is 0 Å². The van der Waals surface area contributed by atoms with Gasteiger partial charge in [-0.2, -0.15) is 0 Å². The van der Waals surface area contributed by atoms with E-state index in [-0.39, 0.29) is 5.97 Å². The SMILES string of the molecule is C1CC2COC(C1)C2.C1CCCOCC1.C1CCOC1.C1CCOCC1.C1OC2CC3CC1C2C3.CC.CC.CC.CC.CC.CC.O=C1OC2CC3CC1C2C3. The summed E-state index contributed by atoms with van der Waals surface area (Å²) in [7, 11) is 0. The molecule has 0 amide bonds. The molecular weight excluding hydrogens is 713 g/mol. The minimum atomic E-state index is 0.0926. The Morgan fingerprint density at radius 3 is 1.26 bits per heavy atom. The van der Waals surface area contributed by atoms with Crippen molar-refractivity contribution >= 4 is 5.97 Å². The van der Waals surface area contributed by atoms with Crippen LogP contribution in [0, 0.1) is 41.4 Å². The first kappa shape index (κ1) is 56.3. The molecule has 6 aliphatic heterocycles. The quantitative estimate of drug-likeness (QED) is 0.226. The predicted molar refractivity (Wildman–Crippen MR) is 242 cm³/mol. The van der Waals surface area contributed by atoms with E-state index < -0.39 is 0 Å². The number of ether oxygens (including phenoxy) is 6. The third-order valence-electron chi connectivity index (χ3n) is 12.3. The van der Waals surface area contributed by atoms with E-state index in [2.05, 4.69) is 0 Å². The normalized spacial score (nSPS) is 34.0. The molecule has 11 fully saturated rings. The van der Waals surface area contributed by atoms with Crippen LogP contribution in [0.15, 0.2) is 0 Å². The van der Waals surface area contributed by atoms with Crippen molar-refractivity contribution in [3.8, 4) is 0 Å². The van der Waals surface area contributed by atoms with Gasteiger partial charge < -0.3 is 28.4 Å². The maximum absolute atomic E-state index is 11.1. The van der Waals surface area contributed by atoms with Crippen molar-refractivity contribution in [1.82, 2.24) is 0 Å². The molecule has 6 saturated heterocycles. The van der Waals surface area contributed by atoms with Crippen molar-refractivity contribution in [2.75, 3.05) is 52.9 Å². The van der Waals surface area contributed by atoms with Gasteiger partial charge in [0.15, 0.2) is 0 Å². The Bertz CT molecular complexity index is 790. The molecular formula is C50H100O7. The molecule has 7 heteroatoms. The molecule has 0 aromatic heterocycles. The van der Waals surface area contributed by atoms with Crippen molar-refractivity contribution in [3.63, 3.8) is 0 Å². The van der Waals surface area contributed by atoms with Crippen molar-refractivity contribution in [1.29, 1.82) is 0 Å². The second-order valence-electron chi connectivity index (χ2n) is 15.7.